The minimum absolute atomic E-state index is 0.192. The van der Waals surface area contributed by atoms with E-state index in [-0.39, 0.29) is 12.7 Å². The number of nitrogens with zero attached hydrogens (tertiary/aromatic N) is 2. The molecule has 0 spiro atoms. The zero-order chi connectivity index (χ0) is 17.4. The van der Waals surface area contributed by atoms with Gasteiger partial charge >= 0.3 is 5.97 Å². The second kappa shape index (κ2) is 6.44. The minimum atomic E-state index is -0.393. The summed E-state index contributed by atoms with van der Waals surface area (Å²) < 4.78 is 12.4. The van der Waals surface area contributed by atoms with Crippen molar-refractivity contribution in [2.75, 3.05) is 6.61 Å². The Hall–Kier alpha value is -2.47. The van der Waals surface area contributed by atoms with Gasteiger partial charge in [0.1, 0.15) is 18.5 Å². The van der Waals surface area contributed by atoms with Crippen molar-refractivity contribution in [3.05, 3.63) is 64.0 Å². The number of carbonyl (C=O) groups is 1. The third-order valence-electron chi connectivity index (χ3n) is 4.22. The Morgan fingerprint density at radius 1 is 1.40 bits per heavy atom. The molecule has 4 rings (SSSR count). The predicted octanol–water partition coefficient (Wildman–Crippen LogP) is 3.86. The molecule has 0 N–H and O–H groups in total. The van der Waals surface area contributed by atoms with Crippen LogP contribution >= 0.6 is 15.9 Å². The highest BCUT2D eigenvalue weighted by Gasteiger charge is 2.28. The van der Waals surface area contributed by atoms with E-state index in [0.29, 0.717) is 12.0 Å². The third kappa shape index (κ3) is 3.09. The van der Waals surface area contributed by atoms with Crippen LogP contribution in [0.4, 0.5) is 0 Å². The van der Waals surface area contributed by atoms with Crippen molar-refractivity contribution in [2.45, 2.75) is 19.4 Å². The number of aromatic nitrogens is 2. The first kappa shape index (κ1) is 16.0. The molecule has 0 amide bonds. The highest BCUT2D eigenvalue weighted by Crippen LogP contribution is 2.38. The third-order valence-corrected chi connectivity index (χ3v) is 4.71. The number of halogens is 1. The highest BCUT2D eigenvalue weighted by atomic mass is 79.9. The van der Waals surface area contributed by atoms with E-state index < -0.39 is 5.97 Å². The number of hydrogen-bond acceptors (Lipinski definition) is 5. The van der Waals surface area contributed by atoms with Gasteiger partial charge in [-0.05, 0) is 37.3 Å². The van der Waals surface area contributed by atoms with Crippen LogP contribution in [0.15, 0.2) is 47.2 Å². The first-order valence-corrected chi connectivity index (χ1v) is 8.73. The van der Waals surface area contributed by atoms with Crippen molar-refractivity contribution in [3.63, 3.8) is 0 Å². The molecular weight excluding hydrogens is 384 g/mol. The molecule has 0 unspecified atom stereocenters. The van der Waals surface area contributed by atoms with Crippen LogP contribution in [-0.2, 0) is 11.2 Å². The van der Waals surface area contributed by atoms with Gasteiger partial charge in [0.05, 0.1) is 11.1 Å². The molecule has 3 aromatic rings. The first-order chi connectivity index (χ1) is 12.1. The fourth-order valence-electron chi connectivity index (χ4n) is 3.00. The van der Waals surface area contributed by atoms with Gasteiger partial charge in [-0.1, -0.05) is 15.9 Å². The SMILES string of the molecule is Cc1nc2ccc(Br)cc2c2c1C[C@@H](COC(=O)c1cccnc1)O2. The van der Waals surface area contributed by atoms with Gasteiger partial charge in [0.15, 0.2) is 0 Å². The Kier molecular flexibility index (Phi) is 4.13. The van der Waals surface area contributed by atoms with Gasteiger partial charge in [-0.3, -0.25) is 9.97 Å². The lowest BCUT2D eigenvalue weighted by molar-refractivity contribution is 0.0348. The molecule has 2 aromatic heterocycles. The van der Waals surface area contributed by atoms with Gasteiger partial charge in [-0.25, -0.2) is 4.79 Å². The summed E-state index contributed by atoms with van der Waals surface area (Å²) in [5.74, 6) is 0.446. The Morgan fingerprint density at radius 2 is 2.28 bits per heavy atom. The van der Waals surface area contributed by atoms with Crippen LogP contribution in [0.5, 0.6) is 5.75 Å². The summed E-state index contributed by atoms with van der Waals surface area (Å²) in [6.07, 6.45) is 3.58. The van der Waals surface area contributed by atoms with Crippen LogP contribution in [0.25, 0.3) is 10.9 Å². The number of benzene rings is 1. The summed E-state index contributed by atoms with van der Waals surface area (Å²) >= 11 is 3.49. The molecule has 5 nitrogen and oxygen atoms in total. The molecule has 25 heavy (non-hydrogen) atoms. The fraction of sp³-hybridized carbons (Fsp3) is 0.211. The topological polar surface area (TPSA) is 61.3 Å². The quantitative estimate of drug-likeness (QED) is 0.626. The van der Waals surface area contributed by atoms with Crippen LogP contribution < -0.4 is 4.74 Å². The molecule has 1 aromatic carbocycles. The molecule has 1 aliphatic rings. The number of fused-ring (bicyclic) bond motifs is 3. The van der Waals surface area contributed by atoms with E-state index in [4.69, 9.17) is 9.47 Å². The first-order valence-electron chi connectivity index (χ1n) is 7.94. The maximum atomic E-state index is 12.1. The van der Waals surface area contributed by atoms with Gasteiger partial charge in [0.25, 0.3) is 0 Å². The second-order valence-electron chi connectivity index (χ2n) is 5.95. The summed E-state index contributed by atoms with van der Waals surface area (Å²) in [5, 5.41) is 0.969. The number of ether oxygens (including phenoxy) is 2. The van der Waals surface area contributed by atoms with E-state index in [1.54, 1.807) is 18.3 Å². The summed E-state index contributed by atoms with van der Waals surface area (Å²) in [5.41, 5.74) is 3.36. The zero-order valence-corrected chi connectivity index (χ0v) is 15.1. The van der Waals surface area contributed by atoms with E-state index in [2.05, 4.69) is 25.9 Å². The number of carbonyl (C=O) groups excluding carboxylic acids is 1. The lowest BCUT2D eigenvalue weighted by Crippen LogP contribution is -2.23. The molecular formula is C19H15BrN2O3. The normalized spacial score (nSPS) is 15.7. The lowest BCUT2D eigenvalue weighted by Gasteiger charge is -2.12. The average Bonchev–Trinajstić information content (AvgIpc) is 3.06. The molecule has 0 fully saturated rings. The maximum absolute atomic E-state index is 12.1. The molecule has 0 bridgehead atoms. The minimum Gasteiger partial charge on any atom is -0.485 e. The monoisotopic (exact) mass is 398 g/mol. The van der Waals surface area contributed by atoms with Gasteiger partial charge in [-0.15, -0.1) is 0 Å². The van der Waals surface area contributed by atoms with Crippen molar-refractivity contribution in [1.82, 2.24) is 9.97 Å². The molecule has 1 atom stereocenters. The number of aryl methyl sites for hydroxylation is 1. The van der Waals surface area contributed by atoms with Crippen molar-refractivity contribution in [3.8, 4) is 5.75 Å². The highest BCUT2D eigenvalue weighted by molar-refractivity contribution is 9.10. The van der Waals surface area contributed by atoms with Crippen LogP contribution in [0, 0.1) is 6.92 Å². The van der Waals surface area contributed by atoms with Gasteiger partial charge in [0, 0.05) is 39.9 Å². The van der Waals surface area contributed by atoms with E-state index in [1.165, 1.54) is 6.20 Å². The molecule has 0 radical (unpaired) electrons. The summed E-state index contributed by atoms with van der Waals surface area (Å²) in [7, 11) is 0. The van der Waals surface area contributed by atoms with E-state index in [1.807, 2.05) is 25.1 Å². The molecule has 0 saturated heterocycles. The van der Waals surface area contributed by atoms with Gasteiger partial charge in [-0.2, -0.15) is 0 Å². The number of esters is 1. The smallest absolute Gasteiger partial charge is 0.339 e. The standard InChI is InChI=1S/C19H15BrN2O3/c1-11-15-8-14(10-24-19(23)12-3-2-6-21-9-12)25-18(15)16-7-13(20)4-5-17(16)22-11/h2-7,9,14H,8,10H2,1H3/t14-/m0/s1. The van der Waals surface area contributed by atoms with E-state index in [9.17, 15) is 4.79 Å². The Balaban J connectivity index is 1.53. The Morgan fingerprint density at radius 3 is 3.08 bits per heavy atom. The zero-order valence-electron chi connectivity index (χ0n) is 13.5. The van der Waals surface area contributed by atoms with Crippen molar-refractivity contribution in [2.24, 2.45) is 0 Å². The van der Waals surface area contributed by atoms with Crippen molar-refractivity contribution in [1.29, 1.82) is 0 Å². The number of pyridine rings is 2. The van der Waals surface area contributed by atoms with Crippen LogP contribution in [-0.4, -0.2) is 28.6 Å². The summed E-state index contributed by atoms with van der Waals surface area (Å²) in [6, 6.07) is 9.32. The Labute approximate surface area is 153 Å². The molecule has 126 valence electrons. The van der Waals surface area contributed by atoms with Crippen LogP contribution in [0.1, 0.15) is 21.6 Å². The second-order valence-corrected chi connectivity index (χ2v) is 6.87. The largest absolute Gasteiger partial charge is 0.485 e. The average molecular weight is 399 g/mol. The fourth-order valence-corrected chi connectivity index (χ4v) is 3.36. The van der Waals surface area contributed by atoms with E-state index in [0.717, 1.165) is 32.4 Å². The van der Waals surface area contributed by atoms with Crippen LogP contribution in [0.2, 0.25) is 0 Å². The Bertz CT molecular complexity index is 960. The lowest BCUT2D eigenvalue weighted by atomic mass is 10.1. The summed E-state index contributed by atoms with van der Waals surface area (Å²) in [4.78, 5) is 20.6. The van der Waals surface area contributed by atoms with Gasteiger partial charge in [0.2, 0.25) is 0 Å². The molecule has 3 heterocycles. The molecule has 1 aliphatic heterocycles. The number of hydrogen-bond donors (Lipinski definition) is 0. The summed E-state index contributed by atoms with van der Waals surface area (Å²) in [6.45, 7) is 2.17. The predicted molar refractivity (Wildman–Crippen MR) is 96.8 cm³/mol. The van der Waals surface area contributed by atoms with Crippen molar-refractivity contribution >= 4 is 32.8 Å². The maximum Gasteiger partial charge on any atom is 0.339 e. The van der Waals surface area contributed by atoms with Crippen LogP contribution in [0.3, 0.4) is 0 Å². The number of rotatable bonds is 3. The molecule has 0 aliphatic carbocycles. The molecule has 6 heteroatoms. The van der Waals surface area contributed by atoms with E-state index >= 15 is 0 Å². The van der Waals surface area contributed by atoms with Gasteiger partial charge < -0.3 is 9.47 Å². The van der Waals surface area contributed by atoms with Crippen molar-refractivity contribution < 1.29 is 14.3 Å². The molecule has 0 saturated carbocycles.